The van der Waals surface area contributed by atoms with Crippen LogP contribution >= 0.6 is 15.9 Å². The summed E-state index contributed by atoms with van der Waals surface area (Å²) < 4.78 is 39.2. The van der Waals surface area contributed by atoms with Gasteiger partial charge in [0.25, 0.3) is 0 Å². The Hall–Kier alpha value is -0.500. The molecule has 1 heterocycles. The maximum Gasteiger partial charge on any atom is 0.209 e. The van der Waals surface area contributed by atoms with Crippen LogP contribution in [0.1, 0.15) is 12.0 Å². The maximum absolute atomic E-state index is 13.3. The van der Waals surface area contributed by atoms with Gasteiger partial charge in [-0.1, -0.05) is 15.9 Å². The fourth-order valence-electron chi connectivity index (χ4n) is 2.38. The molecule has 19 heavy (non-hydrogen) atoms. The molecule has 4 nitrogen and oxygen atoms in total. The summed E-state index contributed by atoms with van der Waals surface area (Å²) >= 11 is 3.25. The van der Waals surface area contributed by atoms with E-state index in [1.807, 2.05) is 6.07 Å². The Labute approximate surface area is 121 Å². The number of nitrogens with one attached hydrogen (secondary N) is 2. The zero-order valence-electron chi connectivity index (χ0n) is 10.5. The van der Waals surface area contributed by atoms with Gasteiger partial charge in [-0.2, -0.15) is 0 Å². The first-order valence-electron chi connectivity index (χ1n) is 5.99. The van der Waals surface area contributed by atoms with Crippen LogP contribution in [0.4, 0.5) is 4.39 Å². The first-order valence-corrected chi connectivity index (χ1v) is 8.67. The zero-order valence-corrected chi connectivity index (χ0v) is 12.9. The minimum Gasteiger partial charge on any atom is -0.312 e. The molecule has 0 bridgehead atoms. The topological polar surface area (TPSA) is 58.2 Å². The maximum atomic E-state index is 13.3. The molecule has 1 aromatic carbocycles. The number of rotatable bonds is 4. The highest BCUT2D eigenvalue weighted by molar-refractivity contribution is 9.10. The molecule has 0 aromatic heterocycles. The predicted octanol–water partition coefficient (Wildman–Crippen LogP) is 1.41. The standard InChI is InChI=1S/C12H16BrFN2O2S/c1-19(17,18)16-11-2-3-15-12(11)6-8-4-9(13)7-10(14)5-8/h4-5,7,11-12,15-16H,2-3,6H2,1H3. The highest BCUT2D eigenvalue weighted by Crippen LogP contribution is 2.19. The van der Waals surface area contributed by atoms with Gasteiger partial charge in [-0.3, -0.25) is 0 Å². The molecule has 7 heteroatoms. The third kappa shape index (κ3) is 4.52. The van der Waals surface area contributed by atoms with Crippen molar-refractivity contribution >= 4 is 26.0 Å². The molecule has 0 spiro atoms. The fourth-order valence-corrected chi connectivity index (χ4v) is 3.73. The predicted molar refractivity (Wildman–Crippen MR) is 76.0 cm³/mol. The summed E-state index contributed by atoms with van der Waals surface area (Å²) in [5.41, 5.74) is 0.839. The van der Waals surface area contributed by atoms with Crippen molar-refractivity contribution < 1.29 is 12.8 Å². The summed E-state index contributed by atoms with van der Waals surface area (Å²) in [7, 11) is -3.22. The molecule has 2 unspecified atom stereocenters. The van der Waals surface area contributed by atoms with Gasteiger partial charge in [0.15, 0.2) is 0 Å². The first kappa shape index (κ1) is 14.9. The van der Waals surface area contributed by atoms with E-state index in [9.17, 15) is 12.8 Å². The summed E-state index contributed by atoms with van der Waals surface area (Å²) in [5.74, 6) is -0.296. The highest BCUT2D eigenvalue weighted by atomic mass is 79.9. The molecule has 0 radical (unpaired) electrons. The van der Waals surface area contributed by atoms with Gasteiger partial charge in [-0.25, -0.2) is 17.5 Å². The van der Waals surface area contributed by atoms with Crippen LogP contribution in [0.15, 0.2) is 22.7 Å². The van der Waals surface area contributed by atoms with Crippen LogP contribution in [0, 0.1) is 5.82 Å². The summed E-state index contributed by atoms with van der Waals surface area (Å²) in [4.78, 5) is 0. The van der Waals surface area contributed by atoms with Crippen molar-refractivity contribution in [3.05, 3.63) is 34.1 Å². The molecule has 2 N–H and O–H groups in total. The van der Waals surface area contributed by atoms with Crippen LogP contribution in [0.5, 0.6) is 0 Å². The van der Waals surface area contributed by atoms with E-state index in [0.29, 0.717) is 10.9 Å². The molecule has 2 rings (SSSR count). The quantitative estimate of drug-likeness (QED) is 0.863. The lowest BCUT2D eigenvalue weighted by atomic mass is 10.0. The minimum absolute atomic E-state index is 0.0107. The van der Waals surface area contributed by atoms with Crippen LogP contribution in [0.3, 0.4) is 0 Å². The molecule has 0 aliphatic carbocycles. The summed E-state index contributed by atoms with van der Waals surface area (Å²) in [6, 6.07) is 4.57. The van der Waals surface area contributed by atoms with Gasteiger partial charge in [-0.15, -0.1) is 0 Å². The van der Waals surface area contributed by atoms with Crippen LogP contribution < -0.4 is 10.0 Å². The van der Waals surface area contributed by atoms with Crippen LogP contribution in [0.25, 0.3) is 0 Å². The van der Waals surface area contributed by atoms with E-state index in [4.69, 9.17) is 0 Å². The second-order valence-electron chi connectivity index (χ2n) is 4.83. The summed E-state index contributed by atoms with van der Waals surface area (Å²) in [6.45, 7) is 0.758. The number of benzene rings is 1. The fraction of sp³-hybridized carbons (Fsp3) is 0.500. The van der Waals surface area contributed by atoms with Crippen molar-refractivity contribution in [1.82, 2.24) is 10.0 Å². The van der Waals surface area contributed by atoms with Crippen LogP contribution in [0.2, 0.25) is 0 Å². The van der Waals surface area contributed by atoms with E-state index in [1.54, 1.807) is 0 Å². The Kier molecular flexibility index (Phi) is 4.60. The number of hydrogen-bond acceptors (Lipinski definition) is 3. The number of sulfonamides is 1. The third-order valence-corrected chi connectivity index (χ3v) is 4.28. The van der Waals surface area contributed by atoms with Crippen molar-refractivity contribution in [2.75, 3.05) is 12.8 Å². The zero-order chi connectivity index (χ0) is 14.0. The lowest BCUT2D eigenvalue weighted by Gasteiger charge is -2.20. The van der Waals surface area contributed by atoms with Gasteiger partial charge in [0.2, 0.25) is 10.0 Å². The Morgan fingerprint density at radius 3 is 2.84 bits per heavy atom. The molecular formula is C12H16BrFN2O2S. The lowest BCUT2D eigenvalue weighted by molar-refractivity contribution is 0.493. The summed E-state index contributed by atoms with van der Waals surface area (Å²) in [6.07, 6.45) is 2.49. The average molecular weight is 351 g/mol. The Morgan fingerprint density at radius 1 is 1.47 bits per heavy atom. The van der Waals surface area contributed by atoms with E-state index in [0.717, 1.165) is 24.8 Å². The second kappa shape index (κ2) is 5.87. The number of halogens is 2. The summed E-state index contributed by atoms with van der Waals surface area (Å²) in [5, 5.41) is 3.25. The molecule has 1 aromatic rings. The average Bonchev–Trinajstić information content (AvgIpc) is 2.61. The van der Waals surface area contributed by atoms with Crippen molar-refractivity contribution in [2.24, 2.45) is 0 Å². The van der Waals surface area contributed by atoms with Crippen molar-refractivity contribution in [1.29, 1.82) is 0 Å². The van der Waals surface area contributed by atoms with E-state index in [-0.39, 0.29) is 17.9 Å². The first-order chi connectivity index (χ1) is 8.83. The molecule has 0 amide bonds. The minimum atomic E-state index is -3.22. The molecule has 0 saturated carbocycles. The third-order valence-electron chi connectivity index (χ3n) is 3.09. The van der Waals surface area contributed by atoms with Crippen molar-refractivity contribution in [3.8, 4) is 0 Å². The molecule has 106 valence electrons. The van der Waals surface area contributed by atoms with E-state index in [1.165, 1.54) is 12.1 Å². The molecule has 1 aliphatic heterocycles. The van der Waals surface area contributed by atoms with E-state index >= 15 is 0 Å². The molecular weight excluding hydrogens is 335 g/mol. The molecule has 2 atom stereocenters. The van der Waals surface area contributed by atoms with Crippen LogP contribution in [-0.4, -0.2) is 33.3 Å². The SMILES string of the molecule is CS(=O)(=O)NC1CCNC1Cc1cc(F)cc(Br)c1. The van der Waals surface area contributed by atoms with Gasteiger partial charge < -0.3 is 5.32 Å². The monoisotopic (exact) mass is 350 g/mol. The molecule has 1 saturated heterocycles. The normalized spacial score (nSPS) is 23.7. The van der Waals surface area contributed by atoms with Crippen molar-refractivity contribution in [2.45, 2.75) is 24.9 Å². The van der Waals surface area contributed by atoms with Crippen molar-refractivity contribution in [3.63, 3.8) is 0 Å². The lowest BCUT2D eigenvalue weighted by Crippen LogP contribution is -2.44. The van der Waals surface area contributed by atoms with Gasteiger partial charge in [-0.05, 0) is 43.1 Å². The Morgan fingerprint density at radius 2 is 2.21 bits per heavy atom. The largest absolute Gasteiger partial charge is 0.312 e. The van der Waals surface area contributed by atoms with Crippen LogP contribution in [-0.2, 0) is 16.4 Å². The Balaban J connectivity index is 2.09. The van der Waals surface area contributed by atoms with Gasteiger partial charge in [0, 0.05) is 16.6 Å². The second-order valence-corrected chi connectivity index (χ2v) is 7.52. The molecule has 1 fully saturated rings. The van der Waals surface area contributed by atoms with E-state index in [2.05, 4.69) is 26.0 Å². The molecule has 1 aliphatic rings. The van der Waals surface area contributed by atoms with Gasteiger partial charge in [0.05, 0.1) is 6.26 Å². The smallest absolute Gasteiger partial charge is 0.209 e. The van der Waals surface area contributed by atoms with Gasteiger partial charge >= 0.3 is 0 Å². The van der Waals surface area contributed by atoms with Gasteiger partial charge in [0.1, 0.15) is 5.82 Å². The van der Waals surface area contributed by atoms with E-state index < -0.39 is 10.0 Å². The Bertz CT molecular complexity index is 545. The highest BCUT2D eigenvalue weighted by Gasteiger charge is 2.29. The number of hydrogen-bond donors (Lipinski definition) is 2.